The molecule has 0 aliphatic heterocycles. The lowest BCUT2D eigenvalue weighted by atomic mass is 9.93. The number of allylic oxidation sites excluding steroid dienone is 1. The van der Waals surface area contributed by atoms with Gasteiger partial charge in [0.2, 0.25) is 5.91 Å². The number of likely N-dealkylation sites (N-methyl/N-ethyl adjacent to an activating group) is 1. The van der Waals surface area contributed by atoms with Gasteiger partial charge in [0, 0.05) is 13.1 Å². The molecular formula is C16H31N3O. The van der Waals surface area contributed by atoms with Crippen molar-refractivity contribution in [2.75, 3.05) is 33.2 Å². The van der Waals surface area contributed by atoms with Gasteiger partial charge >= 0.3 is 0 Å². The molecule has 116 valence electrons. The van der Waals surface area contributed by atoms with E-state index in [1.807, 2.05) is 11.9 Å². The van der Waals surface area contributed by atoms with Gasteiger partial charge in [0.05, 0.1) is 6.54 Å². The molecule has 0 spiro atoms. The number of hydrogen-bond donors (Lipinski definition) is 2. The Morgan fingerprint density at radius 2 is 2.20 bits per heavy atom. The number of rotatable bonds is 8. The first-order chi connectivity index (χ1) is 9.43. The molecule has 3 N–H and O–H groups in total. The van der Waals surface area contributed by atoms with E-state index in [1.54, 1.807) is 0 Å². The minimum absolute atomic E-state index is 0.0575. The highest BCUT2D eigenvalue weighted by Gasteiger charge is 2.19. The molecule has 0 aromatic rings. The van der Waals surface area contributed by atoms with Crippen molar-refractivity contribution in [3.8, 4) is 0 Å². The molecule has 0 bridgehead atoms. The summed E-state index contributed by atoms with van der Waals surface area (Å²) < 4.78 is 0. The van der Waals surface area contributed by atoms with Gasteiger partial charge in [-0.1, -0.05) is 25.5 Å². The first kappa shape index (κ1) is 17.2. The molecule has 0 saturated heterocycles. The molecule has 0 heterocycles. The number of hydrogen-bond acceptors (Lipinski definition) is 3. The summed E-state index contributed by atoms with van der Waals surface area (Å²) in [4.78, 5) is 13.9. The van der Waals surface area contributed by atoms with Crippen molar-refractivity contribution in [3.63, 3.8) is 0 Å². The number of nitrogens with one attached hydrogen (secondary N) is 1. The maximum Gasteiger partial charge on any atom is 0.234 e. The van der Waals surface area contributed by atoms with Crippen molar-refractivity contribution in [1.82, 2.24) is 10.2 Å². The van der Waals surface area contributed by atoms with E-state index in [-0.39, 0.29) is 11.3 Å². The molecule has 4 heteroatoms. The summed E-state index contributed by atoms with van der Waals surface area (Å²) in [5, 5.41) is 3.01. The van der Waals surface area contributed by atoms with Crippen molar-refractivity contribution in [2.45, 2.75) is 46.0 Å². The molecule has 0 radical (unpaired) electrons. The lowest BCUT2D eigenvalue weighted by Crippen LogP contribution is -2.42. The van der Waals surface area contributed by atoms with E-state index in [0.29, 0.717) is 13.1 Å². The van der Waals surface area contributed by atoms with Crippen LogP contribution in [0.3, 0.4) is 0 Å². The van der Waals surface area contributed by atoms with Crippen molar-refractivity contribution in [3.05, 3.63) is 11.6 Å². The second kappa shape index (κ2) is 8.42. The van der Waals surface area contributed by atoms with Crippen molar-refractivity contribution >= 4 is 5.91 Å². The molecule has 1 rings (SSSR count). The van der Waals surface area contributed by atoms with Crippen LogP contribution in [-0.4, -0.2) is 44.0 Å². The average molecular weight is 281 g/mol. The normalized spacial score (nSPS) is 16.1. The number of carbonyl (C=O) groups excluding carboxylic acids is 1. The number of nitrogens with zero attached hydrogens (tertiary/aromatic N) is 1. The van der Waals surface area contributed by atoms with E-state index in [9.17, 15) is 4.79 Å². The summed E-state index contributed by atoms with van der Waals surface area (Å²) in [7, 11) is 1.97. The highest BCUT2D eigenvalue weighted by atomic mass is 16.2. The second-order valence-electron chi connectivity index (χ2n) is 6.75. The zero-order valence-electron chi connectivity index (χ0n) is 13.4. The molecule has 0 unspecified atom stereocenters. The number of carbonyl (C=O) groups is 1. The van der Waals surface area contributed by atoms with Gasteiger partial charge in [-0.05, 0) is 51.1 Å². The second-order valence-corrected chi connectivity index (χ2v) is 6.75. The third-order valence-corrected chi connectivity index (χ3v) is 3.82. The van der Waals surface area contributed by atoms with Gasteiger partial charge in [0.15, 0.2) is 0 Å². The maximum absolute atomic E-state index is 11.9. The zero-order chi connectivity index (χ0) is 15.0. The Morgan fingerprint density at radius 3 is 2.80 bits per heavy atom. The molecule has 0 saturated carbocycles. The van der Waals surface area contributed by atoms with Crippen LogP contribution in [0.15, 0.2) is 11.6 Å². The summed E-state index contributed by atoms with van der Waals surface area (Å²) in [6, 6.07) is 0. The van der Waals surface area contributed by atoms with Gasteiger partial charge in [-0.2, -0.15) is 0 Å². The Kier molecular flexibility index (Phi) is 7.24. The van der Waals surface area contributed by atoms with Gasteiger partial charge in [-0.25, -0.2) is 0 Å². The quantitative estimate of drug-likeness (QED) is 0.668. The standard InChI is InChI=1S/C16H31N3O/c1-16(2,12-17)13-19(3)11-15(20)18-10-9-14-7-5-4-6-8-14/h7H,4-6,8-13,17H2,1-3H3,(H,18,20). The summed E-state index contributed by atoms with van der Waals surface area (Å²) in [5.41, 5.74) is 7.28. The third kappa shape index (κ3) is 7.06. The lowest BCUT2D eigenvalue weighted by Gasteiger charge is -2.28. The van der Waals surface area contributed by atoms with Crippen molar-refractivity contribution < 1.29 is 4.79 Å². The van der Waals surface area contributed by atoms with Crippen LogP contribution in [0.1, 0.15) is 46.0 Å². The SMILES string of the molecule is CN(CC(=O)NCCC1=CCCCC1)CC(C)(C)CN. The van der Waals surface area contributed by atoms with Crippen LogP contribution in [0.5, 0.6) is 0 Å². The first-order valence-corrected chi connectivity index (χ1v) is 7.76. The molecular weight excluding hydrogens is 250 g/mol. The lowest BCUT2D eigenvalue weighted by molar-refractivity contribution is -0.122. The minimum atomic E-state index is 0.0575. The van der Waals surface area contributed by atoms with Gasteiger partial charge in [0.25, 0.3) is 0 Å². The smallest absolute Gasteiger partial charge is 0.234 e. The molecule has 20 heavy (non-hydrogen) atoms. The van der Waals surface area contributed by atoms with Gasteiger partial charge in [0.1, 0.15) is 0 Å². The van der Waals surface area contributed by atoms with E-state index in [0.717, 1.165) is 19.5 Å². The van der Waals surface area contributed by atoms with Crippen LogP contribution < -0.4 is 11.1 Å². The Hall–Kier alpha value is -0.870. The van der Waals surface area contributed by atoms with Crippen molar-refractivity contribution in [2.24, 2.45) is 11.1 Å². The van der Waals surface area contributed by atoms with Gasteiger partial charge in [-0.15, -0.1) is 0 Å². The Bertz CT molecular complexity index is 337. The fourth-order valence-corrected chi connectivity index (χ4v) is 2.65. The van der Waals surface area contributed by atoms with E-state index in [2.05, 4.69) is 25.2 Å². The highest BCUT2D eigenvalue weighted by molar-refractivity contribution is 5.77. The summed E-state index contributed by atoms with van der Waals surface area (Å²) in [6.45, 7) is 6.92. The fourth-order valence-electron chi connectivity index (χ4n) is 2.65. The molecule has 0 aromatic carbocycles. The largest absolute Gasteiger partial charge is 0.355 e. The van der Waals surface area contributed by atoms with Crippen LogP contribution in [-0.2, 0) is 4.79 Å². The molecule has 0 aromatic heterocycles. The van der Waals surface area contributed by atoms with Gasteiger partial charge in [-0.3, -0.25) is 9.69 Å². The summed E-state index contributed by atoms with van der Waals surface area (Å²) in [6.07, 6.45) is 8.38. The number of amides is 1. The van der Waals surface area contributed by atoms with E-state index in [1.165, 1.54) is 31.3 Å². The number of nitrogens with two attached hydrogens (primary N) is 1. The topological polar surface area (TPSA) is 58.4 Å². The van der Waals surface area contributed by atoms with Crippen LogP contribution in [0.4, 0.5) is 0 Å². The highest BCUT2D eigenvalue weighted by Crippen LogP contribution is 2.19. The molecule has 1 aliphatic carbocycles. The predicted molar refractivity (Wildman–Crippen MR) is 84.5 cm³/mol. The maximum atomic E-state index is 11.9. The fraction of sp³-hybridized carbons (Fsp3) is 0.812. The molecule has 4 nitrogen and oxygen atoms in total. The predicted octanol–water partition coefficient (Wildman–Crippen LogP) is 1.91. The van der Waals surface area contributed by atoms with E-state index in [4.69, 9.17) is 5.73 Å². The minimum Gasteiger partial charge on any atom is -0.355 e. The molecule has 0 fully saturated rings. The van der Waals surface area contributed by atoms with Crippen LogP contribution in [0, 0.1) is 5.41 Å². The Labute approximate surface area is 123 Å². The van der Waals surface area contributed by atoms with Crippen LogP contribution in [0.25, 0.3) is 0 Å². The van der Waals surface area contributed by atoms with Crippen LogP contribution >= 0.6 is 0 Å². The van der Waals surface area contributed by atoms with E-state index < -0.39 is 0 Å². The van der Waals surface area contributed by atoms with Gasteiger partial charge < -0.3 is 11.1 Å². The average Bonchev–Trinajstić information content (AvgIpc) is 2.39. The Morgan fingerprint density at radius 1 is 1.45 bits per heavy atom. The summed E-state index contributed by atoms with van der Waals surface area (Å²) >= 11 is 0. The van der Waals surface area contributed by atoms with Crippen molar-refractivity contribution in [1.29, 1.82) is 0 Å². The molecule has 1 amide bonds. The first-order valence-electron chi connectivity index (χ1n) is 7.76. The molecule has 1 aliphatic rings. The monoisotopic (exact) mass is 281 g/mol. The third-order valence-electron chi connectivity index (χ3n) is 3.82. The Balaban J connectivity index is 2.18. The van der Waals surface area contributed by atoms with E-state index >= 15 is 0 Å². The summed E-state index contributed by atoms with van der Waals surface area (Å²) in [5.74, 6) is 0.108. The zero-order valence-corrected chi connectivity index (χ0v) is 13.4. The molecule has 0 atom stereocenters. The van der Waals surface area contributed by atoms with Crippen LogP contribution in [0.2, 0.25) is 0 Å².